The van der Waals surface area contributed by atoms with Gasteiger partial charge in [-0.25, -0.2) is 4.98 Å². The summed E-state index contributed by atoms with van der Waals surface area (Å²) in [7, 11) is 0. The third kappa shape index (κ3) is 4.94. The average Bonchev–Trinajstić information content (AvgIpc) is 3.15. The SMILES string of the molecule is O=C(NCc1cc(C(F)(F)F)cc(C(F)(F)F)c1)c1scnc1-c1ccccc1. The van der Waals surface area contributed by atoms with Gasteiger partial charge in [-0.2, -0.15) is 26.3 Å². The Bertz CT molecular complexity index is 979. The van der Waals surface area contributed by atoms with Crippen LogP contribution in [0.1, 0.15) is 26.4 Å². The van der Waals surface area contributed by atoms with Crippen LogP contribution in [0.3, 0.4) is 0 Å². The van der Waals surface area contributed by atoms with Gasteiger partial charge in [0.25, 0.3) is 5.91 Å². The number of carbonyl (C=O) groups is 1. The molecule has 1 aromatic heterocycles. The number of nitrogens with zero attached hydrogens (tertiary/aromatic N) is 1. The van der Waals surface area contributed by atoms with Crippen LogP contribution in [-0.2, 0) is 18.9 Å². The number of alkyl halides is 6. The Kier molecular flexibility index (Phi) is 5.65. The summed E-state index contributed by atoms with van der Waals surface area (Å²) in [5.74, 6) is -0.641. The first-order valence-electron chi connectivity index (χ1n) is 8.11. The van der Waals surface area contributed by atoms with Gasteiger partial charge in [-0.05, 0) is 23.8 Å². The number of nitrogens with one attached hydrogen (secondary N) is 1. The molecule has 0 fully saturated rings. The molecule has 0 saturated carbocycles. The third-order valence-electron chi connectivity index (χ3n) is 3.92. The summed E-state index contributed by atoms with van der Waals surface area (Å²) in [5, 5.41) is 2.37. The summed E-state index contributed by atoms with van der Waals surface area (Å²) in [6.07, 6.45) is -9.89. The quantitative estimate of drug-likeness (QED) is 0.534. The van der Waals surface area contributed by atoms with Crippen molar-refractivity contribution in [2.45, 2.75) is 18.9 Å². The van der Waals surface area contributed by atoms with Crippen LogP contribution in [0.4, 0.5) is 26.3 Å². The first kappa shape index (κ1) is 20.8. The number of halogens is 6. The standard InChI is InChI=1S/C19H12F6N2OS/c20-18(21,22)13-6-11(7-14(8-13)19(23,24)25)9-26-17(28)16-15(27-10-29-16)12-4-2-1-3-5-12/h1-8,10H,9H2,(H,26,28). The maximum Gasteiger partial charge on any atom is 0.416 e. The van der Waals surface area contributed by atoms with Gasteiger partial charge in [0, 0.05) is 12.1 Å². The van der Waals surface area contributed by atoms with Crippen molar-refractivity contribution in [3.63, 3.8) is 0 Å². The van der Waals surface area contributed by atoms with Crippen LogP contribution in [0.15, 0.2) is 54.0 Å². The van der Waals surface area contributed by atoms with E-state index in [4.69, 9.17) is 0 Å². The summed E-state index contributed by atoms with van der Waals surface area (Å²) < 4.78 is 77.6. The minimum Gasteiger partial charge on any atom is -0.347 e. The first-order valence-corrected chi connectivity index (χ1v) is 8.99. The molecule has 1 N–H and O–H groups in total. The largest absolute Gasteiger partial charge is 0.416 e. The van der Waals surface area contributed by atoms with Gasteiger partial charge >= 0.3 is 12.4 Å². The van der Waals surface area contributed by atoms with Crippen molar-refractivity contribution in [3.8, 4) is 11.3 Å². The predicted octanol–water partition coefficient (Wildman–Crippen LogP) is 5.78. The highest BCUT2D eigenvalue weighted by atomic mass is 32.1. The molecular weight excluding hydrogens is 418 g/mol. The second kappa shape index (κ2) is 7.86. The second-order valence-electron chi connectivity index (χ2n) is 5.99. The number of rotatable bonds is 4. The molecule has 2 aromatic carbocycles. The normalized spacial score (nSPS) is 12.1. The van der Waals surface area contributed by atoms with Crippen LogP contribution < -0.4 is 5.32 Å². The van der Waals surface area contributed by atoms with E-state index >= 15 is 0 Å². The molecule has 3 aromatic rings. The van der Waals surface area contributed by atoms with Crippen LogP contribution in [-0.4, -0.2) is 10.9 Å². The minimum absolute atomic E-state index is 0.0437. The van der Waals surface area contributed by atoms with E-state index in [1.807, 2.05) is 0 Å². The van der Waals surface area contributed by atoms with Crippen LogP contribution in [0.5, 0.6) is 0 Å². The van der Waals surface area contributed by atoms with Gasteiger partial charge in [-0.1, -0.05) is 30.3 Å². The molecule has 0 bridgehead atoms. The predicted molar refractivity (Wildman–Crippen MR) is 95.2 cm³/mol. The topological polar surface area (TPSA) is 42.0 Å². The van der Waals surface area contributed by atoms with Gasteiger partial charge in [0.05, 0.1) is 22.3 Å². The fourth-order valence-electron chi connectivity index (χ4n) is 2.59. The summed E-state index contributed by atoms with van der Waals surface area (Å²) in [6, 6.07) is 9.95. The number of benzene rings is 2. The second-order valence-corrected chi connectivity index (χ2v) is 6.85. The van der Waals surface area contributed by atoms with E-state index in [-0.39, 0.29) is 16.5 Å². The number of hydrogen-bond donors (Lipinski definition) is 1. The lowest BCUT2D eigenvalue weighted by Crippen LogP contribution is -2.23. The third-order valence-corrected chi connectivity index (χ3v) is 4.75. The molecule has 0 unspecified atom stereocenters. The zero-order valence-corrected chi connectivity index (χ0v) is 15.3. The molecule has 0 spiro atoms. The van der Waals surface area contributed by atoms with E-state index in [1.165, 1.54) is 5.51 Å². The van der Waals surface area contributed by atoms with Crippen LogP contribution in [0.2, 0.25) is 0 Å². The Morgan fingerprint density at radius 2 is 1.52 bits per heavy atom. The zero-order chi connectivity index (χ0) is 21.2. The number of hydrogen-bond acceptors (Lipinski definition) is 3. The Morgan fingerprint density at radius 1 is 0.931 bits per heavy atom. The van der Waals surface area contributed by atoms with E-state index < -0.39 is 35.9 Å². The minimum atomic E-state index is -4.95. The average molecular weight is 430 g/mol. The zero-order valence-electron chi connectivity index (χ0n) is 14.4. The fraction of sp³-hybridized carbons (Fsp3) is 0.158. The lowest BCUT2D eigenvalue weighted by atomic mass is 10.0. The van der Waals surface area contributed by atoms with Crippen LogP contribution in [0.25, 0.3) is 11.3 Å². The highest BCUT2D eigenvalue weighted by Crippen LogP contribution is 2.36. The van der Waals surface area contributed by atoms with E-state index in [0.29, 0.717) is 23.4 Å². The summed E-state index contributed by atoms with van der Waals surface area (Å²) in [6.45, 7) is -0.502. The molecule has 0 atom stereocenters. The van der Waals surface area contributed by atoms with Crippen LogP contribution in [0, 0.1) is 0 Å². The molecule has 1 heterocycles. The van der Waals surface area contributed by atoms with Crippen molar-refractivity contribution in [1.82, 2.24) is 10.3 Å². The number of carbonyl (C=O) groups excluding carboxylic acids is 1. The van der Waals surface area contributed by atoms with Crippen molar-refractivity contribution < 1.29 is 31.1 Å². The monoisotopic (exact) mass is 430 g/mol. The van der Waals surface area contributed by atoms with Gasteiger partial charge in [-0.15, -0.1) is 11.3 Å². The maximum atomic E-state index is 12.9. The molecule has 0 saturated heterocycles. The van der Waals surface area contributed by atoms with Crippen molar-refractivity contribution in [2.75, 3.05) is 0 Å². The van der Waals surface area contributed by atoms with Gasteiger partial charge in [0.2, 0.25) is 0 Å². The number of aromatic nitrogens is 1. The van der Waals surface area contributed by atoms with Gasteiger partial charge in [0.1, 0.15) is 4.88 Å². The van der Waals surface area contributed by atoms with Crippen molar-refractivity contribution in [1.29, 1.82) is 0 Å². The highest BCUT2D eigenvalue weighted by Gasteiger charge is 2.36. The van der Waals surface area contributed by atoms with Crippen molar-refractivity contribution in [2.24, 2.45) is 0 Å². The maximum absolute atomic E-state index is 12.9. The lowest BCUT2D eigenvalue weighted by Gasteiger charge is -2.14. The summed E-state index contributed by atoms with van der Waals surface area (Å²) in [5.41, 5.74) is -0.695. The van der Waals surface area contributed by atoms with Gasteiger partial charge in [-0.3, -0.25) is 4.79 Å². The van der Waals surface area contributed by atoms with E-state index in [9.17, 15) is 31.1 Å². The highest BCUT2D eigenvalue weighted by molar-refractivity contribution is 7.12. The molecule has 3 nitrogen and oxygen atoms in total. The molecule has 3 rings (SSSR count). The molecular formula is C19H12F6N2OS. The number of amides is 1. The molecule has 0 radical (unpaired) electrons. The Labute approximate surface area is 165 Å². The fourth-order valence-corrected chi connectivity index (χ4v) is 3.32. The van der Waals surface area contributed by atoms with Crippen LogP contribution >= 0.6 is 11.3 Å². The molecule has 0 aliphatic rings. The smallest absolute Gasteiger partial charge is 0.347 e. The van der Waals surface area contributed by atoms with Gasteiger partial charge in [0.15, 0.2) is 0 Å². The lowest BCUT2D eigenvalue weighted by molar-refractivity contribution is -0.143. The van der Waals surface area contributed by atoms with E-state index in [1.54, 1.807) is 30.3 Å². The summed E-state index contributed by atoms with van der Waals surface area (Å²) in [4.78, 5) is 16.8. The van der Waals surface area contributed by atoms with Crippen molar-refractivity contribution >= 4 is 17.2 Å². The number of thiazole rings is 1. The van der Waals surface area contributed by atoms with E-state index in [0.717, 1.165) is 11.3 Å². The molecule has 0 aliphatic carbocycles. The van der Waals surface area contributed by atoms with Crippen molar-refractivity contribution in [3.05, 3.63) is 75.6 Å². The Hall–Kier alpha value is -2.88. The molecule has 152 valence electrons. The Morgan fingerprint density at radius 3 is 2.07 bits per heavy atom. The summed E-state index contributed by atoms with van der Waals surface area (Å²) >= 11 is 1.02. The molecule has 1 amide bonds. The van der Waals surface area contributed by atoms with E-state index in [2.05, 4.69) is 10.3 Å². The molecule has 29 heavy (non-hydrogen) atoms. The first-order chi connectivity index (χ1) is 13.6. The molecule has 0 aliphatic heterocycles. The molecule has 10 heteroatoms. The Balaban J connectivity index is 1.84. The van der Waals surface area contributed by atoms with Gasteiger partial charge < -0.3 is 5.32 Å².